The number of ether oxygens (including phenoxy) is 2. The second-order valence-corrected chi connectivity index (χ2v) is 12.2. The zero-order valence-corrected chi connectivity index (χ0v) is 26.2. The van der Waals surface area contributed by atoms with Gasteiger partial charge in [0, 0.05) is 12.6 Å². The maximum Gasteiger partial charge on any atom is 0.264 e. The minimum Gasteiger partial charge on any atom is -0.497 e. The minimum absolute atomic E-state index is 0.0359. The molecule has 2 amide bonds. The van der Waals surface area contributed by atoms with Crippen LogP contribution in [0.4, 0.5) is 5.69 Å². The van der Waals surface area contributed by atoms with Gasteiger partial charge in [-0.1, -0.05) is 42.8 Å². The predicted octanol–water partition coefficient (Wildman–Crippen LogP) is 4.85. The van der Waals surface area contributed by atoms with Crippen molar-refractivity contribution in [1.82, 2.24) is 10.2 Å². The summed E-state index contributed by atoms with van der Waals surface area (Å²) < 4.78 is 40.1. The van der Waals surface area contributed by atoms with E-state index in [1.165, 1.54) is 24.1 Å². The lowest BCUT2D eigenvalue weighted by Crippen LogP contribution is -2.52. The first-order chi connectivity index (χ1) is 19.9. The summed E-state index contributed by atoms with van der Waals surface area (Å²) in [6, 6.07) is 17.8. The lowest BCUT2D eigenvalue weighted by molar-refractivity contribution is -0.139. The van der Waals surface area contributed by atoms with Crippen LogP contribution in [-0.2, 0) is 26.2 Å². The van der Waals surface area contributed by atoms with Crippen molar-refractivity contribution in [2.24, 2.45) is 0 Å². The van der Waals surface area contributed by atoms with Crippen LogP contribution in [0.1, 0.15) is 43.9 Å². The molecule has 9 nitrogen and oxygen atoms in total. The smallest absolute Gasteiger partial charge is 0.264 e. The Morgan fingerprint density at radius 1 is 0.881 bits per heavy atom. The van der Waals surface area contributed by atoms with Gasteiger partial charge < -0.3 is 19.7 Å². The fraction of sp³-hybridized carbons (Fsp3) is 0.375. The molecule has 10 heteroatoms. The number of aryl methyl sites for hydroxylation is 2. The molecular weight excluding hydrogens is 554 g/mol. The van der Waals surface area contributed by atoms with E-state index in [2.05, 4.69) is 5.32 Å². The van der Waals surface area contributed by atoms with Crippen LogP contribution in [0, 0.1) is 13.8 Å². The van der Waals surface area contributed by atoms with Gasteiger partial charge in [0.15, 0.2) is 0 Å². The van der Waals surface area contributed by atoms with Gasteiger partial charge in [0.1, 0.15) is 24.1 Å². The molecule has 226 valence electrons. The molecule has 0 radical (unpaired) electrons. The number of nitrogens with one attached hydrogen (secondary N) is 1. The maximum absolute atomic E-state index is 14.1. The highest BCUT2D eigenvalue weighted by Gasteiger charge is 2.34. The molecule has 0 spiro atoms. The summed E-state index contributed by atoms with van der Waals surface area (Å²) in [7, 11) is -1.20. The summed E-state index contributed by atoms with van der Waals surface area (Å²) in [5.74, 6) is 0.0820. The average molecular weight is 596 g/mol. The van der Waals surface area contributed by atoms with Crippen LogP contribution in [0.15, 0.2) is 71.6 Å². The Kier molecular flexibility index (Phi) is 11.0. The van der Waals surface area contributed by atoms with E-state index in [4.69, 9.17) is 9.47 Å². The third kappa shape index (κ3) is 7.82. The zero-order chi connectivity index (χ0) is 31.0. The Hall–Kier alpha value is -4.05. The van der Waals surface area contributed by atoms with Crippen LogP contribution in [0.25, 0.3) is 0 Å². The first-order valence-corrected chi connectivity index (χ1v) is 15.3. The van der Waals surface area contributed by atoms with E-state index in [1.807, 2.05) is 39.8 Å². The molecule has 0 heterocycles. The van der Waals surface area contributed by atoms with E-state index in [1.54, 1.807) is 56.5 Å². The summed E-state index contributed by atoms with van der Waals surface area (Å²) in [6.07, 6.45) is 0.723. The molecular formula is C32H41N3O6S. The Labute approximate surface area is 249 Å². The predicted molar refractivity (Wildman–Crippen MR) is 164 cm³/mol. The minimum atomic E-state index is -4.21. The molecule has 2 atom stereocenters. The van der Waals surface area contributed by atoms with Gasteiger partial charge in [0.25, 0.3) is 10.0 Å². The van der Waals surface area contributed by atoms with Crippen molar-refractivity contribution in [3.05, 3.63) is 83.4 Å². The molecule has 3 aromatic rings. The largest absolute Gasteiger partial charge is 0.497 e. The number of anilines is 1. The fourth-order valence-corrected chi connectivity index (χ4v) is 5.74. The second kappa shape index (κ2) is 14.2. The van der Waals surface area contributed by atoms with Gasteiger partial charge >= 0.3 is 0 Å². The Morgan fingerprint density at radius 2 is 1.50 bits per heavy atom. The van der Waals surface area contributed by atoms with Crippen molar-refractivity contribution < 1.29 is 27.5 Å². The van der Waals surface area contributed by atoms with E-state index in [9.17, 15) is 18.0 Å². The number of methoxy groups -OCH3 is 2. The summed E-state index contributed by atoms with van der Waals surface area (Å²) in [6.45, 7) is 8.72. The lowest BCUT2D eigenvalue weighted by atomic mass is 10.1. The van der Waals surface area contributed by atoms with E-state index in [0.29, 0.717) is 11.5 Å². The third-order valence-electron chi connectivity index (χ3n) is 7.17. The molecule has 0 fully saturated rings. The molecule has 0 aliphatic rings. The number of carbonyl (C=O) groups is 2. The summed E-state index contributed by atoms with van der Waals surface area (Å²) in [5, 5.41) is 2.94. The topological polar surface area (TPSA) is 105 Å². The number of nitrogens with zero attached hydrogens (tertiary/aromatic N) is 2. The number of hydrogen-bond donors (Lipinski definition) is 1. The molecule has 0 saturated carbocycles. The van der Waals surface area contributed by atoms with E-state index in [-0.39, 0.29) is 29.1 Å². The quantitative estimate of drug-likeness (QED) is 0.303. The van der Waals surface area contributed by atoms with E-state index >= 15 is 0 Å². The van der Waals surface area contributed by atoms with Crippen LogP contribution in [0.2, 0.25) is 0 Å². The van der Waals surface area contributed by atoms with E-state index in [0.717, 1.165) is 27.4 Å². The van der Waals surface area contributed by atoms with Gasteiger partial charge in [-0.2, -0.15) is 0 Å². The van der Waals surface area contributed by atoms with Crippen LogP contribution in [0.3, 0.4) is 0 Å². The molecule has 0 unspecified atom stereocenters. The van der Waals surface area contributed by atoms with Crippen molar-refractivity contribution in [3.63, 3.8) is 0 Å². The Bertz CT molecular complexity index is 1470. The highest BCUT2D eigenvalue weighted by Crippen LogP contribution is 2.34. The first kappa shape index (κ1) is 32.5. The number of rotatable bonds is 13. The molecule has 0 aliphatic carbocycles. The normalized spacial score (nSPS) is 12.6. The van der Waals surface area contributed by atoms with Crippen LogP contribution in [0.5, 0.6) is 11.5 Å². The highest BCUT2D eigenvalue weighted by molar-refractivity contribution is 7.92. The van der Waals surface area contributed by atoms with Crippen LogP contribution in [-0.4, -0.2) is 58.0 Å². The van der Waals surface area contributed by atoms with Crippen molar-refractivity contribution in [2.45, 2.75) is 64.6 Å². The maximum atomic E-state index is 14.1. The van der Waals surface area contributed by atoms with Crippen molar-refractivity contribution in [1.29, 1.82) is 0 Å². The van der Waals surface area contributed by atoms with Crippen LogP contribution >= 0.6 is 0 Å². The fourth-order valence-electron chi connectivity index (χ4n) is 4.32. The number of sulfonamides is 1. The standard InChI is InChI=1S/C32H41N3O6S/c1-8-24(4)33-32(37)25(5)34(20-26-12-14-27(40-6)15-13-26)31(36)21-35(29-19-23(3)11-18-30(29)41-7)42(38,39)28-16-9-22(2)10-17-28/h9-19,24-25H,8,20-21H2,1-7H3,(H,33,37)/t24-,25-/m0/s1. The molecule has 0 aromatic heterocycles. The SMILES string of the molecule is CC[C@H](C)NC(=O)[C@H](C)N(Cc1ccc(OC)cc1)C(=O)CN(c1cc(C)ccc1OC)S(=O)(=O)c1ccc(C)cc1. The lowest BCUT2D eigenvalue weighted by Gasteiger charge is -2.33. The number of benzene rings is 3. The van der Waals surface area contributed by atoms with Gasteiger partial charge in [0.2, 0.25) is 11.8 Å². The van der Waals surface area contributed by atoms with Crippen molar-refractivity contribution in [3.8, 4) is 11.5 Å². The monoisotopic (exact) mass is 595 g/mol. The van der Waals surface area contributed by atoms with Gasteiger partial charge in [-0.25, -0.2) is 8.42 Å². The molecule has 3 rings (SSSR count). The third-order valence-corrected chi connectivity index (χ3v) is 8.95. The van der Waals surface area contributed by atoms with Gasteiger partial charge in [-0.3, -0.25) is 13.9 Å². The summed E-state index contributed by atoms with van der Waals surface area (Å²) in [5.41, 5.74) is 2.68. The van der Waals surface area contributed by atoms with Crippen molar-refractivity contribution in [2.75, 3.05) is 25.1 Å². The Balaban J connectivity index is 2.09. The number of amides is 2. The van der Waals surface area contributed by atoms with Gasteiger partial charge in [-0.05, 0) is 81.6 Å². The molecule has 0 saturated heterocycles. The highest BCUT2D eigenvalue weighted by atomic mass is 32.2. The first-order valence-electron chi connectivity index (χ1n) is 13.9. The van der Waals surface area contributed by atoms with Gasteiger partial charge in [0.05, 0.1) is 24.8 Å². The number of carbonyl (C=O) groups excluding carboxylic acids is 2. The second-order valence-electron chi connectivity index (χ2n) is 10.4. The molecule has 3 aromatic carbocycles. The summed E-state index contributed by atoms with van der Waals surface area (Å²) >= 11 is 0. The molecule has 0 aliphatic heterocycles. The molecule has 42 heavy (non-hydrogen) atoms. The Morgan fingerprint density at radius 3 is 2.07 bits per heavy atom. The average Bonchev–Trinajstić information content (AvgIpc) is 2.98. The van der Waals surface area contributed by atoms with Crippen LogP contribution < -0.4 is 19.1 Å². The number of hydrogen-bond acceptors (Lipinski definition) is 6. The molecule has 1 N–H and O–H groups in total. The summed E-state index contributed by atoms with van der Waals surface area (Å²) in [4.78, 5) is 28.8. The van der Waals surface area contributed by atoms with E-state index < -0.39 is 28.5 Å². The van der Waals surface area contributed by atoms with Crippen molar-refractivity contribution >= 4 is 27.5 Å². The van der Waals surface area contributed by atoms with Gasteiger partial charge in [-0.15, -0.1) is 0 Å². The zero-order valence-electron chi connectivity index (χ0n) is 25.4. The molecule has 0 bridgehead atoms.